The molecule has 0 saturated carbocycles. The molecule has 0 unspecified atom stereocenters. The van der Waals surface area contributed by atoms with E-state index in [1.165, 1.54) is 6.07 Å². The smallest absolute Gasteiger partial charge is 0.336 e. The Kier molecular flexibility index (Phi) is 6.58. The fourth-order valence-electron chi connectivity index (χ4n) is 4.14. The van der Waals surface area contributed by atoms with Crippen LogP contribution in [0.1, 0.15) is 12.5 Å². The number of ether oxygens (including phenoxy) is 1. The standard InChI is InChI=1S/C25H28N2O5/c1-17-23(31-16-20(29)15-26-10-12-27(13-11-26)18(2)28)9-8-21-22(14-24(30)32-25(17)21)19-6-4-3-5-7-19/h3-9,14,20,29H,10-13,15-16H2,1-2H3/t20-/m1/s1. The van der Waals surface area contributed by atoms with Crippen LogP contribution < -0.4 is 10.4 Å². The van der Waals surface area contributed by atoms with Gasteiger partial charge in [0.05, 0.1) is 0 Å². The van der Waals surface area contributed by atoms with E-state index in [2.05, 4.69) is 4.90 Å². The van der Waals surface area contributed by atoms with Crippen LogP contribution in [0.2, 0.25) is 0 Å². The molecule has 1 aliphatic heterocycles. The van der Waals surface area contributed by atoms with Crippen molar-refractivity contribution in [2.75, 3.05) is 39.3 Å². The van der Waals surface area contributed by atoms with E-state index in [4.69, 9.17) is 9.15 Å². The summed E-state index contributed by atoms with van der Waals surface area (Å²) < 4.78 is 11.4. The molecular formula is C25H28N2O5. The summed E-state index contributed by atoms with van der Waals surface area (Å²) in [6.07, 6.45) is -0.670. The summed E-state index contributed by atoms with van der Waals surface area (Å²) in [5.41, 5.74) is 2.56. The molecule has 7 nitrogen and oxygen atoms in total. The third-order valence-corrected chi connectivity index (χ3v) is 5.91. The number of amides is 1. The van der Waals surface area contributed by atoms with E-state index in [9.17, 15) is 14.7 Å². The Morgan fingerprint density at radius 3 is 2.53 bits per heavy atom. The summed E-state index contributed by atoms with van der Waals surface area (Å²) in [5.74, 6) is 0.661. The second-order valence-electron chi connectivity index (χ2n) is 8.18. The highest BCUT2D eigenvalue weighted by atomic mass is 16.5. The largest absolute Gasteiger partial charge is 0.490 e. The lowest BCUT2D eigenvalue weighted by Gasteiger charge is -2.35. The normalized spacial score (nSPS) is 15.7. The van der Waals surface area contributed by atoms with Crippen molar-refractivity contribution >= 4 is 16.9 Å². The number of benzene rings is 2. The van der Waals surface area contributed by atoms with Crippen LogP contribution in [0, 0.1) is 6.92 Å². The number of hydrogen-bond acceptors (Lipinski definition) is 6. The lowest BCUT2D eigenvalue weighted by molar-refractivity contribution is -0.130. The van der Waals surface area contributed by atoms with Gasteiger partial charge in [-0.05, 0) is 30.2 Å². The molecule has 0 spiro atoms. The Balaban J connectivity index is 1.46. The number of piperazine rings is 1. The van der Waals surface area contributed by atoms with Crippen LogP contribution in [0.4, 0.5) is 0 Å². The Morgan fingerprint density at radius 2 is 1.84 bits per heavy atom. The van der Waals surface area contributed by atoms with Gasteiger partial charge in [-0.3, -0.25) is 9.69 Å². The average Bonchev–Trinajstić information content (AvgIpc) is 2.79. The zero-order valence-electron chi connectivity index (χ0n) is 18.4. The van der Waals surface area contributed by atoms with Gasteiger partial charge in [-0.15, -0.1) is 0 Å². The molecular weight excluding hydrogens is 408 g/mol. The van der Waals surface area contributed by atoms with Gasteiger partial charge >= 0.3 is 5.63 Å². The monoisotopic (exact) mass is 436 g/mol. The van der Waals surface area contributed by atoms with Crippen molar-refractivity contribution in [1.82, 2.24) is 9.80 Å². The van der Waals surface area contributed by atoms with E-state index in [0.717, 1.165) is 35.2 Å². The second-order valence-corrected chi connectivity index (χ2v) is 8.18. The number of β-amino-alcohol motifs (C(OH)–C–C–N with tert-alkyl or cyclic N) is 1. The van der Waals surface area contributed by atoms with E-state index in [-0.39, 0.29) is 12.5 Å². The Hall–Kier alpha value is -3.16. The number of carbonyl (C=O) groups is 1. The van der Waals surface area contributed by atoms with Gasteiger partial charge in [0.25, 0.3) is 0 Å². The first-order chi connectivity index (χ1) is 15.4. The number of rotatable bonds is 6. The SMILES string of the molecule is CC(=O)N1CCN(C[C@@H](O)COc2ccc3c(-c4ccccc4)cc(=O)oc3c2C)CC1. The first kappa shape index (κ1) is 22.0. The maximum atomic E-state index is 12.2. The maximum Gasteiger partial charge on any atom is 0.336 e. The summed E-state index contributed by atoms with van der Waals surface area (Å²) in [4.78, 5) is 27.6. The first-order valence-electron chi connectivity index (χ1n) is 10.8. The predicted molar refractivity (Wildman–Crippen MR) is 123 cm³/mol. The number of hydrogen-bond donors (Lipinski definition) is 1. The van der Waals surface area contributed by atoms with Crippen LogP contribution in [0.3, 0.4) is 0 Å². The minimum atomic E-state index is -0.670. The van der Waals surface area contributed by atoms with Gasteiger partial charge in [-0.2, -0.15) is 0 Å². The Morgan fingerprint density at radius 1 is 1.12 bits per heavy atom. The molecule has 0 radical (unpaired) electrons. The zero-order valence-corrected chi connectivity index (χ0v) is 18.4. The summed E-state index contributed by atoms with van der Waals surface area (Å²) in [5, 5.41) is 11.3. The van der Waals surface area contributed by atoms with Gasteiger partial charge in [0, 0.05) is 56.7 Å². The highest BCUT2D eigenvalue weighted by Gasteiger charge is 2.21. The van der Waals surface area contributed by atoms with Gasteiger partial charge in [-0.1, -0.05) is 30.3 Å². The topological polar surface area (TPSA) is 83.2 Å². The third-order valence-electron chi connectivity index (χ3n) is 5.91. The highest BCUT2D eigenvalue weighted by Crippen LogP contribution is 2.33. The maximum absolute atomic E-state index is 12.2. The van der Waals surface area contributed by atoms with Gasteiger partial charge in [0.1, 0.15) is 24.0 Å². The molecule has 1 N–H and O–H groups in total. The Labute approximate surface area is 186 Å². The van der Waals surface area contributed by atoms with Crippen molar-refractivity contribution < 1.29 is 19.1 Å². The molecule has 32 heavy (non-hydrogen) atoms. The van der Waals surface area contributed by atoms with Crippen LogP contribution in [-0.4, -0.2) is 66.2 Å². The summed E-state index contributed by atoms with van der Waals surface area (Å²) in [6, 6.07) is 15.0. The Bertz CT molecular complexity index is 1150. The second kappa shape index (κ2) is 9.54. The highest BCUT2D eigenvalue weighted by molar-refractivity contribution is 5.95. The molecule has 1 atom stereocenters. The summed E-state index contributed by atoms with van der Waals surface area (Å²) in [6.45, 7) is 6.86. The molecule has 2 heterocycles. The lowest BCUT2D eigenvalue weighted by Crippen LogP contribution is -2.50. The van der Waals surface area contributed by atoms with E-state index in [1.54, 1.807) is 6.92 Å². The zero-order chi connectivity index (χ0) is 22.7. The van der Waals surface area contributed by atoms with Crippen molar-refractivity contribution in [2.45, 2.75) is 20.0 Å². The minimum Gasteiger partial charge on any atom is -0.490 e. The molecule has 1 aromatic heterocycles. The average molecular weight is 437 g/mol. The van der Waals surface area contributed by atoms with Crippen molar-refractivity contribution in [3.05, 3.63) is 64.5 Å². The van der Waals surface area contributed by atoms with Gasteiger partial charge in [0.2, 0.25) is 5.91 Å². The molecule has 0 bridgehead atoms. The molecule has 1 fully saturated rings. The van der Waals surface area contributed by atoms with Gasteiger partial charge in [0.15, 0.2) is 0 Å². The first-order valence-corrected chi connectivity index (χ1v) is 10.8. The summed E-state index contributed by atoms with van der Waals surface area (Å²) >= 11 is 0. The molecule has 4 rings (SSSR count). The van der Waals surface area contributed by atoms with Crippen molar-refractivity contribution in [3.8, 4) is 16.9 Å². The number of nitrogens with zero attached hydrogens (tertiary/aromatic N) is 2. The van der Waals surface area contributed by atoms with Crippen LogP contribution in [0.5, 0.6) is 5.75 Å². The fraction of sp³-hybridized carbons (Fsp3) is 0.360. The lowest BCUT2D eigenvalue weighted by atomic mass is 10.0. The number of aliphatic hydroxyl groups is 1. The fourth-order valence-corrected chi connectivity index (χ4v) is 4.14. The number of fused-ring (bicyclic) bond motifs is 1. The van der Waals surface area contributed by atoms with Crippen LogP contribution >= 0.6 is 0 Å². The van der Waals surface area contributed by atoms with E-state index in [1.807, 2.05) is 54.3 Å². The van der Waals surface area contributed by atoms with Gasteiger partial charge < -0.3 is 19.2 Å². The summed E-state index contributed by atoms with van der Waals surface area (Å²) in [7, 11) is 0. The molecule has 0 aliphatic carbocycles. The predicted octanol–water partition coefficient (Wildman–Crippen LogP) is 2.67. The quantitative estimate of drug-likeness (QED) is 0.599. The van der Waals surface area contributed by atoms with Crippen molar-refractivity contribution in [2.24, 2.45) is 0 Å². The van der Waals surface area contributed by atoms with Gasteiger partial charge in [-0.25, -0.2) is 4.79 Å². The number of carbonyl (C=O) groups excluding carboxylic acids is 1. The molecule has 1 amide bonds. The number of aliphatic hydroxyl groups excluding tert-OH is 1. The number of aryl methyl sites for hydroxylation is 1. The molecule has 2 aromatic carbocycles. The van der Waals surface area contributed by atoms with Crippen LogP contribution in [0.15, 0.2) is 57.7 Å². The van der Waals surface area contributed by atoms with Crippen LogP contribution in [0.25, 0.3) is 22.1 Å². The van der Waals surface area contributed by atoms with E-state index < -0.39 is 11.7 Å². The molecule has 1 saturated heterocycles. The van der Waals surface area contributed by atoms with E-state index in [0.29, 0.717) is 31.0 Å². The van der Waals surface area contributed by atoms with Crippen LogP contribution in [-0.2, 0) is 4.79 Å². The minimum absolute atomic E-state index is 0.0855. The third kappa shape index (κ3) is 4.84. The molecule has 3 aromatic rings. The van der Waals surface area contributed by atoms with E-state index >= 15 is 0 Å². The molecule has 7 heteroatoms. The molecule has 1 aliphatic rings. The van der Waals surface area contributed by atoms with Crippen molar-refractivity contribution in [1.29, 1.82) is 0 Å². The van der Waals surface area contributed by atoms with Crippen molar-refractivity contribution in [3.63, 3.8) is 0 Å². The molecule has 168 valence electrons.